The molecule has 2 aromatic carbocycles. The molecule has 1 N–H and O–H groups in total. The molecular weight excluding hydrogens is 338 g/mol. The van der Waals surface area contributed by atoms with E-state index in [1.165, 1.54) is 54.8 Å². The Balaban J connectivity index is 1.78. The number of aromatic nitrogens is 1. The average Bonchev–Trinajstić information content (AvgIpc) is 2.99. The average molecular weight is 367 g/mol. The number of ether oxygens (including phenoxy) is 1. The normalized spacial score (nSPS) is 11.3. The van der Waals surface area contributed by atoms with E-state index in [0.717, 1.165) is 18.5 Å². The number of carboxylic acid groups (broad SMARTS) is 1. The van der Waals surface area contributed by atoms with E-state index in [9.17, 15) is 4.79 Å². The molecule has 0 spiro atoms. The van der Waals surface area contributed by atoms with Crippen molar-refractivity contribution < 1.29 is 14.6 Å². The number of fused-ring (bicyclic) bond motifs is 3. The van der Waals surface area contributed by atoms with E-state index in [1.807, 2.05) is 18.2 Å². The molecule has 0 fully saturated rings. The van der Waals surface area contributed by atoms with E-state index in [0.29, 0.717) is 5.75 Å². The van der Waals surface area contributed by atoms with Crippen LogP contribution in [0.3, 0.4) is 0 Å². The molecule has 0 aliphatic rings. The lowest BCUT2D eigenvalue weighted by Gasteiger charge is -2.09. The summed E-state index contributed by atoms with van der Waals surface area (Å²) in [5, 5.41) is 11.3. The molecule has 0 aliphatic heterocycles. The van der Waals surface area contributed by atoms with Crippen molar-refractivity contribution in [3.63, 3.8) is 0 Å². The number of carboxylic acids is 1. The van der Waals surface area contributed by atoms with Crippen LogP contribution in [0.5, 0.6) is 5.75 Å². The number of hydrogen-bond acceptors (Lipinski definition) is 2. The number of para-hydroxylation sites is 1. The van der Waals surface area contributed by atoms with Crippen molar-refractivity contribution in [2.45, 2.75) is 58.4 Å². The maximum absolute atomic E-state index is 10.8. The summed E-state index contributed by atoms with van der Waals surface area (Å²) in [6.07, 6.45) is 8.99. The molecule has 1 heterocycles. The molecule has 4 nitrogen and oxygen atoms in total. The third kappa shape index (κ3) is 4.82. The Morgan fingerprint density at radius 1 is 0.926 bits per heavy atom. The minimum Gasteiger partial charge on any atom is -0.482 e. The molecule has 0 radical (unpaired) electrons. The zero-order chi connectivity index (χ0) is 19.1. The van der Waals surface area contributed by atoms with Gasteiger partial charge < -0.3 is 14.4 Å². The summed E-state index contributed by atoms with van der Waals surface area (Å²) < 4.78 is 7.75. The summed E-state index contributed by atoms with van der Waals surface area (Å²) in [5.41, 5.74) is 2.35. The molecule has 3 aromatic rings. The molecule has 0 unspecified atom stereocenters. The Kier molecular flexibility index (Phi) is 6.74. The van der Waals surface area contributed by atoms with Crippen molar-refractivity contribution >= 4 is 27.8 Å². The highest BCUT2D eigenvalue weighted by Gasteiger charge is 2.11. The Labute approximate surface area is 160 Å². The summed E-state index contributed by atoms with van der Waals surface area (Å²) in [5.74, 6) is -0.354. The number of nitrogens with zero attached hydrogens (tertiary/aromatic N) is 1. The number of aliphatic carboxylic acids is 1. The van der Waals surface area contributed by atoms with Crippen LogP contribution in [-0.2, 0) is 11.3 Å². The SMILES string of the molecule is CCCCCCCCCn1c2ccccc2c2ccc(OCC(=O)O)cc21. The van der Waals surface area contributed by atoms with Crippen LogP contribution in [0.15, 0.2) is 42.5 Å². The van der Waals surface area contributed by atoms with Crippen LogP contribution >= 0.6 is 0 Å². The molecule has 4 heteroatoms. The van der Waals surface area contributed by atoms with E-state index >= 15 is 0 Å². The van der Waals surface area contributed by atoms with Crippen molar-refractivity contribution in [3.05, 3.63) is 42.5 Å². The van der Waals surface area contributed by atoms with E-state index in [2.05, 4.69) is 35.8 Å². The largest absolute Gasteiger partial charge is 0.482 e. The maximum atomic E-state index is 10.8. The third-order valence-corrected chi connectivity index (χ3v) is 5.09. The summed E-state index contributed by atoms with van der Waals surface area (Å²) in [4.78, 5) is 10.8. The van der Waals surface area contributed by atoms with Crippen LogP contribution in [0, 0.1) is 0 Å². The fourth-order valence-electron chi connectivity index (χ4n) is 3.73. The molecule has 0 saturated carbocycles. The molecule has 0 amide bonds. The van der Waals surface area contributed by atoms with Crippen molar-refractivity contribution in [1.82, 2.24) is 4.57 Å². The number of benzene rings is 2. The fraction of sp³-hybridized carbons (Fsp3) is 0.435. The van der Waals surface area contributed by atoms with Gasteiger partial charge in [-0.15, -0.1) is 0 Å². The monoisotopic (exact) mass is 367 g/mol. The molecule has 27 heavy (non-hydrogen) atoms. The van der Waals surface area contributed by atoms with Crippen molar-refractivity contribution in [3.8, 4) is 5.75 Å². The Morgan fingerprint density at radius 3 is 2.41 bits per heavy atom. The van der Waals surface area contributed by atoms with Gasteiger partial charge in [0.25, 0.3) is 0 Å². The number of aryl methyl sites for hydroxylation is 1. The first-order valence-corrected chi connectivity index (χ1v) is 10.1. The molecule has 0 aliphatic carbocycles. The number of carbonyl (C=O) groups is 1. The van der Waals surface area contributed by atoms with E-state index in [4.69, 9.17) is 9.84 Å². The highest BCUT2D eigenvalue weighted by atomic mass is 16.5. The zero-order valence-electron chi connectivity index (χ0n) is 16.1. The lowest BCUT2D eigenvalue weighted by atomic mass is 10.1. The first-order chi connectivity index (χ1) is 13.2. The second-order valence-corrected chi connectivity index (χ2v) is 7.15. The Hall–Kier alpha value is -2.49. The number of unbranched alkanes of at least 4 members (excludes halogenated alkanes) is 6. The number of hydrogen-bond donors (Lipinski definition) is 1. The summed E-state index contributed by atoms with van der Waals surface area (Å²) in [6.45, 7) is 2.90. The van der Waals surface area contributed by atoms with Crippen LogP contribution in [0.25, 0.3) is 21.8 Å². The summed E-state index contributed by atoms with van der Waals surface area (Å²) >= 11 is 0. The maximum Gasteiger partial charge on any atom is 0.341 e. The smallest absolute Gasteiger partial charge is 0.341 e. The minimum absolute atomic E-state index is 0.316. The molecule has 144 valence electrons. The molecule has 0 atom stereocenters. The molecule has 1 aromatic heterocycles. The van der Waals surface area contributed by atoms with Crippen LogP contribution in [0.1, 0.15) is 51.9 Å². The van der Waals surface area contributed by atoms with Crippen LogP contribution in [0.2, 0.25) is 0 Å². The molecule has 0 saturated heterocycles. The second-order valence-electron chi connectivity index (χ2n) is 7.15. The quantitative estimate of drug-likeness (QED) is 0.422. The highest BCUT2D eigenvalue weighted by Crippen LogP contribution is 2.32. The van der Waals surface area contributed by atoms with Gasteiger partial charge in [0, 0.05) is 28.9 Å². The van der Waals surface area contributed by atoms with E-state index in [1.54, 1.807) is 0 Å². The molecule has 3 rings (SSSR count). The summed E-state index contributed by atoms with van der Waals surface area (Å²) in [7, 11) is 0. The Morgan fingerprint density at radius 2 is 1.63 bits per heavy atom. The van der Waals surface area contributed by atoms with Gasteiger partial charge in [-0.05, 0) is 24.6 Å². The Bertz CT molecular complexity index is 897. The summed E-state index contributed by atoms with van der Waals surface area (Å²) in [6, 6.07) is 14.3. The van der Waals surface area contributed by atoms with Gasteiger partial charge in [-0.2, -0.15) is 0 Å². The van der Waals surface area contributed by atoms with Gasteiger partial charge in [0.2, 0.25) is 0 Å². The molecule has 0 bridgehead atoms. The lowest BCUT2D eigenvalue weighted by molar-refractivity contribution is -0.139. The van der Waals surface area contributed by atoms with E-state index < -0.39 is 5.97 Å². The number of rotatable bonds is 11. The first-order valence-electron chi connectivity index (χ1n) is 10.1. The minimum atomic E-state index is -0.960. The van der Waals surface area contributed by atoms with Crippen LogP contribution < -0.4 is 4.74 Å². The van der Waals surface area contributed by atoms with Crippen molar-refractivity contribution in [2.75, 3.05) is 6.61 Å². The van der Waals surface area contributed by atoms with Gasteiger partial charge in [-0.1, -0.05) is 63.6 Å². The second kappa shape index (κ2) is 9.45. The van der Waals surface area contributed by atoms with Crippen LogP contribution in [0.4, 0.5) is 0 Å². The van der Waals surface area contributed by atoms with Gasteiger partial charge in [-0.3, -0.25) is 0 Å². The van der Waals surface area contributed by atoms with Crippen molar-refractivity contribution in [1.29, 1.82) is 0 Å². The predicted octanol–water partition coefficient (Wildman–Crippen LogP) is 6.01. The first kappa shape index (κ1) is 19.3. The standard InChI is InChI=1S/C23H29NO3/c1-2-3-4-5-6-7-10-15-24-21-12-9-8-11-19(21)20-14-13-18(16-22(20)24)27-17-23(25)26/h8-9,11-14,16H,2-7,10,15,17H2,1H3,(H,25,26). The van der Waals surface area contributed by atoms with Gasteiger partial charge in [0.1, 0.15) is 5.75 Å². The van der Waals surface area contributed by atoms with Gasteiger partial charge in [0.15, 0.2) is 6.61 Å². The van der Waals surface area contributed by atoms with Crippen LogP contribution in [-0.4, -0.2) is 22.2 Å². The molecular formula is C23H29NO3. The van der Waals surface area contributed by atoms with Crippen molar-refractivity contribution in [2.24, 2.45) is 0 Å². The van der Waals surface area contributed by atoms with Gasteiger partial charge >= 0.3 is 5.97 Å². The fourth-order valence-corrected chi connectivity index (χ4v) is 3.73. The topological polar surface area (TPSA) is 51.5 Å². The van der Waals surface area contributed by atoms with Gasteiger partial charge in [0.05, 0.1) is 5.52 Å². The van der Waals surface area contributed by atoms with Gasteiger partial charge in [-0.25, -0.2) is 4.79 Å². The van der Waals surface area contributed by atoms with E-state index in [-0.39, 0.29) is 6.61 Å². The third-order valence-electron chi connectivity index (χ3n) is 5.09. The zero-order valence-corrected chi connectivity index (χ0v) is 16.1. The lowest BCUT2D eigenvalue weighted by Crippen LogP contribution is -2.09. The highest BCUT2D eigenvalue weighted by molar-refractivity contribution is 6.08. The predicted molar refractivity (Wildman–Crippen MR) is 111 cm³/mol.